The van der Waals surface area contributed by atoms with Crippen LogP contribution in [0.25, 0.3) is 43.6 Å². The van der Waals surface area contributed by atoms with Crippen molar-refractivity contribution in [3.63, 3.8) is 0 Å². The lowest BCUT2D eigenvalue weighted by Crippen LogP contribution is -2.05. The third kappa shape index (κ3) is 2.80. The Bertz CT molecular complexity index is 1410. The molecule has 5 rings (SSSR count). The zero-order valence-electron chi connectivity index (χ0n) is 15.5. The smallest absolute Gasteiger partial charge is 0.191 e. The van der Waals surface area contributed by atoms with Crippen molar-refractivity contribution in [2.45, 2.75) is 13.8 Å². The summed E-state index contributed by atoms with van der Waals surface area (Å²) in [5, 5.41) is 1.66. The lowest BCUT2D eigenvalue weighted by atomic mass is 9.99. The van der Waals surface area contributed by atoms with Crippen molar-refractivity contribution in [2.75, 3.05) is 0 Å². The van der Waals surface area contributed by atoms with Gasteiger partial charge in [0.05, 0.1) is 21.5 Å². The average molecular weight is 383 g/mol. The Morgan fingerprint density at radius 3 is 2.71 bits per heavy atom. The number of rotatable bonds is 2. The quantitative estimate of drug-likeness (QED) is 0.439. The molecule has 0 amide bonds. The molecule has 4 heterocycles. The zero-order valence-corrected chi connectivity index (χ0v) is 16.3. The molecule has 5 heteroatoms. The Morgan fingerprint density at radius 2 is 1.89 bits per heavy atom. The van der Waals surface area contributed by atoms with Gasteiger partial charge in [0.1, 0.15) is 5.65 Å². The summed E-state index contributed by atoms with van der Waals surface area (Å²) in [5.41, 5.74) is 5.22. The minimum absolute atomic E-state index is 0.0173. The maximum absolute atomic E-state index is 12.6. The van der Waals surface area contributed by atoms with Crippen LogP contribution in [0.5, 0.6) is 0 Å². The van der Waals surface area contributed by atoms with E-state index in [1.165, 1.54) is 4.88 Å². The predicted molar refractivity (Wildman–Crippen MR) is 116 cm³/mol. The maximum Gasteiger partial charge on any atom is 0.191 e. The highest BCUT2D eigenvalue weighted by Gasteiger charge is 2.15. The third-order valence-corrected chi connectivity index (χ3v) is 5.85. The number of aromatic amines is 1. The average Bonchev–Trinajstić information content (AvgIpc) is 3.13. The monoisotopic (exact) mass is 383 g/mol. The van der Waals surface area contributed by atoms with E-state index in [0.29, 0.717) is 11.0 Å². The van der Waals surface area contributed by atoms with Crippen LogP contribution in [0.2, 0.25) is 0 Å². The molecular formula is C23H17N3OS. The fourth-order valence-electron chi connectivity index (χ4n) is 3.51. The van der Waals surface area contributed by atoms with Crippen molar-refractivity contribution in [1.82, 2.24) is 15.0 Å². The molecule has 4 nitrogen and oxygen atoms in total. The standard InChI is InChI=1S/C23H17N3OS/c1-13-10-20(27)18-12-17(15-6-7-19-16(11-15)4-3-9-24-19)22(26-23(18)25-13)21-8-5-14(2)28-21/h3-12H,1-2H3,(H,25,26,27). The van der Waals surface area contributed by atoms with Crippen molar-refractivity contribution in [3.05, 3.63) is 81.6 Å². The number of thiophene rings is 1. The van der Waals surface area contributed by atoms with Crippen LogP contribution < -0.4 is 5.43 Å². The molecule has 0 fully saturated rings. The molecule has 5 aromatic rings. The molecule has 0 aliphatic heterocycles. The Kier molecular flexibility index (Phi) is 3.84. The minimum atomic E-state index is -0.0173. The largest absolute Gasteiger partial charge is 0.343 e. The fourth-order valence-corrected chi connectivity index (χ4v) is 4.38. The molecule has 0 radical (unpaired) electrons. The molecule has 1 N–H and O–H groups in total. The molecule has 1 aromatic carbocycles. The molecular weight excluding hydrogens is 366 g/mol. The van der Waals surface area contributed by atoms with Gasteiger partial charge in [-0.05, 0) is 55.8 Å². The van der Waals surface area contributed by atoms with Crippen LogP contribution >= 0.6 is 11.3 Å². The summed E-state index contributed by atoms with van der Waals surface area (Å²) in [5.74, 6) is 0. The molecule has 0 aliphatic rings. The van der Waals surface area contributed by atoms with E-state index in [1.54, 1.807) is 23.6 Å². The zero-order chi connectivity index (χ0) is 19.3. The van der Waals surface area contributed by atoms with Gasteiger partial charge in [-0.2, -0.15) is 0 Å². The predicted octanol–water partition coefficient (Wildman–Crippen LogP) is 5.48. The lowest BCUT2D eigenvalue weighted by Gasteiger charge is -2.11. The Morgan fingerprint density at radius 1 is 1.00 bits per heavy atom. The summed E-state index contributed by atoms with van der Waals surface area (Å²) in [7, 11) is 0. The first-order valence-electron chi connectivity index (χ1n) is 9.05. The highest BCUT2D eigenvalue weighted by Crippen LogP contribution is 2.36. The van der Waals surface area contributed by atoms with Gasteiger partial charge in [0.15, 0.2) is 5.43 Å². The first-order chi connectivity index (χ1) is 13.6. The van der Waals surface area contributed by atoms with Crippen LogP contribution in [-0.2, 0) is 0 Å². The molecule has 0 unspecified atom stereocenters. The van der Waals surface area contributed by atoms with Gasteiger partial charge in [-0.15, -0.1) is 11.3 Å². The van der Waals surface area contributed by atoms with E-state index < -0.39 is 0 Å². The van der Waals surface area contributed by atoms with E-state index in [0.717, 1.165) is 38.3 Å². The SMILES string of the molecule is Cc1cc(=O)c2cc(-c3ccc4ncccc4c3)c(-c3ccc(C)s3)nc2[nH]1. The van der Waals surface area contributed by atoms with E-state index in [9.17, 15) is 4.79 Å². The molecule has 0 saturated heterocycles. The van der Waals surface area contributed by atoms with Gasteiger partial charge in [0, 0.05) is 33.8 Å². The van der Waals surface area contributed by atoms with Crippen molar-refractivity contribution in [2.24, 2.45) is 0 Å². The van der Waals surface area contributed by atoms with Crippen molar-refractivity contribution < 1.29 is 0 Å². The normalized spacial score (nSPS) is 11.4. The minimum Gasteiger partial charge on any atom is -0.343 e. The Hall–Kier alpha value is -3.31. The summed E-state index contributed by atoms with van der Waals surface area (Å²) in [4.78, 5) is 27.4. The molecule has 0 bridgehead atoms. The molecule has 0 spiro atoms. The second kappa shape index (κ2) is 6.39. The number of pyridine rings is 3. The third-order valence-electron chi connectivity index (χ3n) is 4.84. The molecule has 4 aromatic heterocycles. The number of aromatic nitrogens is 3. The van der Waals surface area contributed by atoms with Gasteiger partial charge in [0.2, 0.25) is 0 Å². The number of hydrogen-bond donors (Lipinski definition) is 1. The topological polar surface area (TPSA) is 58.6 Å². The molecule has 28 heavy (non-hydrogen) atoms. The molecule has 0 aliphatic carbocycles. The van der Waals surface area contributed by atoms with Crippen molar-refractivity contribution in [3.8, 4) is 21.7 Å². The summed E-state index contributed by atoms with van der Waals surface area (Å²) < 4.78 is 0. The summed E-state index contributed by atoms with van der Waals surface area (Å²) >= 11 is 1.70. The van der Waals surface area contributed by atoms with Gasteiger partial charge >= 0.3 is 0 Å². The second-order valence-corrected chi connectivity index (χ2v) is 8.21. The van der Waals surface area contributed by atoms with Crippen LogP contribution in [-0.4, -0.2) is 15.0 Å². The number of H-pyrrole nitrogens is 1. The maximum atomic E-state index is 12.6. The lowest BCUT2D eigenvalue weighted by molar-refractivity contribution is 1.20. The van der Waals surface area contributed by atoms with E-state index in [1.807, 2.05) is 37.3 Å². The highest BCUT2D eigenvalue weighted by atomic mass is 32.1. The van der Waals surface area contributed by atoms with Crippen molar-refractivity contribution >= 4 is 33.3 Å². The number of nitrogens with zero attached hydrogens (tertiary/aromatic N) is 2. The first kappa shape index (κ1) is 16.8. The molecule has 136 valence electrons. The first-order valence-corrected chi connectivity index (χ1v) is 9.87. The Labute approximate surface area is 165 Å². The van der Waals surface area contributed by atoms with E-state index >= 15 is 0 Å². The van der Waals surface area contributed by atoms with Crippen LogP contribution in [0, 0.1) is 13.8 Å². The molecule has 0 saturated carbocycles. The van der Waals surface area contributed by atoms with Crippen LogP contribution in [0.15, 0.2) is 65.6 Å². The van der Waals surface area contributed by atoms with E-state index in [4.69, 9.17) is 4.98 Å². The van der Waals surface area contributed by atoms with E-state index in [2.05, 4.69) is 35.1 Å². The number of fused-ring (bicyclic) bond motifs is 2. The van der Waals surface area contributed by atoms with Crippen LogP contribution in [0.3, 0.4) is 0 Å². The molecule has 0 atom stereocenters. The summed E-state index contributed by atoms with van der Waals surface area (Å²) in [6, 6.07) is 17.9. The summed E-state index contributed by atoms with van der Waals surface area (Å²) in [6.07, 6.45) is 1.79. The Balaban J connectivity index is 1.85. The van der Waals surface area contributed by atoms with Gasteiger partial charge < -0.3 is 4.98 Å². The van der Waals surface area contributed by atoms with Crippen LogP contribution in [0.1, 0.15) is 10.6 Å². The highest BCUT2D eigenvalue weighted by molar-refractivity contribution is 7.15. The van der Waals surface area contributed by atoms with Crippen molar-refractivity contribution in [1.29, 1.82) is 0 Å². The number of nitrogens with one attached hydrogen (secondary N) is 1. The second-order valence-electron chi connectivity index (χ2n) is 6.92. The number of aryl methyl sites for hydroxylation is 2. The van der Waals surface area contributed by atoms with Gasteiger partial charge in [-0.1, -0.05) is 12.1 Å². The van der Waals surface area contributed by atoms with Crippen LogP contribution in [0.4, 0.5) is 0 Å². The van der Waals surface area contributed by atoms with Gasteiger partial charge in [-0.25, -0.2) is 4.98 Å². The van der Waals surface area contributed by atoms with Gasteiger partial charge in [0.25, 0.3) is 0 Å². The summed E-state index contributed by atoms with van der Waals surface area (Å²) in [6.45, 7) is 3.96. The number of benzene rings is 1. The fraction of sp³-hybridized carbons (Fsp3) is 0.0870. The van der Waals surface area contributed by atoms with E-state index in [-0.39, 0.29) is 5.43 Å². The number of hydrogen-bond acceptors (Lipinski definition) is 4. The van der Waals surface area contributed by atoms with Gasteiger partial charge in [-0.3, -0.25) is 9.78 Å².